The molecule has 18 atom stereocenters. The Morgan fingerprint density at radius 3 is 2.09 bits per heavy atom. The van der Waals surface area contributed by atoms with Crippen LogP contribution in [0.2, 0.25) is 0 Å². The fourth-order valence-electron chi connectivity index (χ4n) is 9.52. The number of carbonyl (C=O) groups is 3. The average molecular weight is 803 g/mol. The van der Waals surface area contributed by atoms with E-state index in [1.807, 2.05) is 26.0 Å². The molecule has 2 bridgehead atoms. The molecule has 0 amide bonds. The fraction of sp³-hybridized carbons (Fsp3) is 0.809. The van der Waals surface area contributed by atoms with E-state index in [0.29, 0.717) is 25.7 Å². The Balaban J connectivity index is 2.02. The molecule has 3 rings (SSSR count). The van der Waals surface area contributed by atoms with Gasteiger partial charge in [0.1, 0.15) is 17.5 Å². The number of ketones is 2. The molecule has 10 nitrogen and oxygen atoms in total. The maximum Gasteiger partial charge on any atom is 0.330 e. The first-order valence-electron chi connectivity index (χ1n) is 22.1. The second-order valence-corrected chi connectivity index (χ2v) is 18.5. The predicted molar refractivity (Wildman–Crippen MR) is 223 cm³/mol. The number of aliphatic hydroxyl groups is 4. The van der Waals surface area contributed by atoms with E-state index in [9.17, 15) is 34.8 Å². The normalized spacial score (nSPS) is 46.2. The smallest absolute Gasteiger partial charge is 0.330 e. The largest absolute Gasteiger partial charge is 0.458 e. The van der Waals surface area contributed by atoms with Crippen molar-refractivity contribution >= 4 is 17.5 Å². The van der Waals surface area contributed by atoms with Crippen LogP contribution in [0.5, 0.6) is 0 Å². The highest BCUT2D eigenvalue weighted by atomic mass is 16.7. The molecule has 2 saturated heterocycles. The fourth-order valence-corrected chi connectivity index (χ4v) is 9.52. The van der Waals surface area contributed by atoms with Crippen LogP contribution in [0.3, 0.4) is 0 Å². The van der Waals surface area contributed by atoms with E-state index < -0.39 is 82.9 Å². The zero-order chi connectivity index (χ0) is 43.0. The Hall–Kier alpha value is -2.21. The van der Waals surface area contributed by atoms with Crippen LogP contribution < -0.4 is 0 Å². The summed E-state index contributed by atoms with van der Waals surface area (Å²) in [6.45, 7) is 21.9. The highest BCUT2D eigenvalue weighted by Crippen LogP contribution is 2.50. The summed E-state index contributed by atoms with van der Waals surface area (Å²) >= 11 is 0. The maximum atomic E-state index is 13.7. The molecule has 0 aromatic heterocycles. The molecule has 326 valence electrons. The lowest BCUT2D eigenvalue weighted by Crippen LogP contribution is -2.63. The van der Waals surface area contributed by atoms with Gasteiger partial charge >= 0.3 is 5.97 Å². The third-order valence-electron chi connectivity index (χ3n) is 14.3. The zero-order valence-electron chi connectivity index (χ0n) is 37.1. The highest BCUT2D eigenvalue weighted by Gasteiger charge is 2.57. The van der Waals surface area contributed by atoms with Gasteiger partial charge in [-0.2, -0.15) is 0 Å². The van der Waals surface area contributed by atoms with E-state index in [-0.39, 0.29) is 41.8 Å². The van der Waals surface area contributed by atoms with Crippen molar-refractivity contribution in [2.24, 2.45) is 59.2 Å². The molecular weight excluding hydrogens is 725 g/mol. The molecule has 0 aliphatic carbocycles. The van der Waals surface area contributed by atoms with E-state index in [1.165, 1.54) is 26.8 Å². The number of esters is 1. The minimum Gasteiger partial charge on any atom is -0.458 e. The van der Waals surface area contributed by atoms with Gasteiger partial charge in [0.15, 0.2) is 11.6 Å². The molecule has 3 aliphatic heterocycles. The van der Waals surface area contributed by atoms with Crippen LogP contribution >= 0.6 is 0 Å². The number of ether oxygens (including phenoxy) is 3. The topological polar surface area (TPSA) is 160 Å². The van der Waals surface area contributed by atoms with Crippen molar-refractivity contribution in [2.45, 2.75) is 182 Å². The second kappa shape index (κ2) is 21.4. The van der Waals surface area contributed by atoms with E-state index >= 15 is 0 Å². The Morgan fingerprint density at radius 2 is 1.47 bits per heavy atom. The molecule has 3 heterocycles. The van der Waals surface area contributed by atoms with Crippen molar-refractivity contribution in [1.82, 2.24) is 0 Å². The number of allylic oxidation sites excluding steroid dienone is 4. The van der Waals surface area contributed by atoms with E-state index in [1.54, 1.807) is 26.8 Å². The molecule has 10 heteroatoms. The minimum atomic E-state index is -1.74. The quantitative estimate of drug-likeness (QED) is 0.209. The molecule has 3 aliphatic rings. The SMILES string of the molecule is CC[C@@H]1/C=C/C=C/C[C@H](C)[C@@H](C)[C@](C)(O)C(=O)[C@H](C)[C@@H](O)[C@H](C)C(=O)[C@H](C)[C@@H](O)[C@H](C)/C=C/C(=O)O[C@H]2[C@@H](C)[C@@H](CC1)O[C@@]1(CC[C@@H](C)[C@@H](C[C@H](C)O)O1)[C@@H]2CC. The maximum absolute atomic E-state index is 13.7. The van der Waals surface area contributed by atoms with Crippen LogP contribution in [0, 0.1) is 59.2 Å². The summed E-state index contributed by atoms with van der Waals surface area (Å²) in [5.41, 5.74) is -1.74. The van der Waals surface area contributed by atoms with Gasteiger partial charge in [-0.05, 0) is 82.5 Å². The second-order valence-electron chi connectivity index (χ2n) is 18.5. The van der Waals surface area contributed by atoms with Crippen molar-refractivity contribution in [3.05, 3.63) is 36.5 Å². The molecule has 0 aromatic rings. The molecule has 2 fully saturated rings. The Morgan fingerprint density at radius 1 is 0.825 bits per heavy atom. The van der Waals surface area contributed by atoms with Crippen molar-refractivity contribution in [3.8, 4) is 0 Å². The van der Waals surface area contributed by atoms with Crippen LogP contribution in [-0.4, -0.2) is 86.0 Å². The lowest BCUT2D eigenvalue weighted by atomic mass is 9.72. The standard InChI is InChI=1S/C47H78O10/c1-13-36-19-17-15-16-18-27(3)35(11)46(12,54)45(53)34(10)43(52)33(9)42(51)32(8)41(50)29(5)20-23-40(49)55-44-31(7)38(22-21-36)56-47(37(44)14-2)25-24-28(4)39(57-47)26-30(6)48/h15-17,19-20,23,27-39,41,43-44,48,50,52,54H,13-14,18,21-22,24-26H2,1-12H3/b16-15+,19-17+,23-20+/t27-,28+,29+,30-,31-,32+,33+,34+,35+,36+,37+,38+,39+,41-,43-,44-,46-,47+/m0/s1. The van der Waals surface area contributed by atoms with Crippen molar-refractivity contribution in [1.29, 1.82) is 0 Å². The Labute approximate surface area is 343 Å². The molecule has 57 heavy (non-hydrogen) atoms. The Bertz CT molecular complexity index is 1400. The van der Waals surface area contributed by atoms with Gasteiger partial charge < -0.3 is 34.6 Å². The molecule has 4 N–H and O–H groups in total. The van der Waals surface area contributed by atoms with Gasteiger partial charge in [-0.25, -0.2) is 4.79 Å². The van der Waals surface area contributed by atoms with Gasteiger partial charge in [0.2, 0.25) is 0 Å². The van der Waals surface area contributed by atoms with Gasteiger partial charge in [0.25, 0.3) is 0 Å². The van der Waals surface area contributed by atoms with E-state index in [0.717, 1.165) is 25.7 Å². The Kier molecular flexibility index (Phi) is 18.4. The number of Topliss-reactive ketones (excluding diaryl/α,β-unsaturated/α-hetero) is 2. The third kappa shape index (κ3) is 12.0. The van der Waals surface area contributed by atoms with E-state index in [2.05, 4.69) is 39.8 Å². The summed E-state index contributed by atoms with van der Waals surface area (Å²) < 4.78 is 20.3. The summed E-state index contributed by atoms with van der Waals surface area (Å²) in [6, 6.07) is 0. The van der Waals surface area contributed by atoms with Crippen LogP contribution in [0.25, 0.3) is 0 Å². The average Bonchev–Trinajstić information content (AvgIpc) is 3.17. The lowest BCUT2D eigenvalue weighted by molar-refractivity contribution is -0.374. The highest BCUT2D eigenvalue weighted by molar-refractivity contribution is 5.91. The number of aliphatic hydroxyl groups excluding tert-OH is 3. The number of hydrogen-bond acceptors (Lipinski definition) is 10. The molecular formula is C47H78O10. The number of hydrogen-bond donors (Lipinski definition) is 4. The van der Waals surface area contributed by atoms with Crippen molar-refractivity contribution in [3.63, 3.8) is 0 Å². The van der Waals surface area contributed by atoms with Gasteiger partial charge in [-0.3, -0.25) is 9.59 Å². The molecule has 1 spiro atoms. The molecule has 0 unspecified atom stereocenters. The number of carbonyl (C=O) groups excluding carboxylic acids is 3. The summed E-state index contributed by atoms with van der Waals surface area (Å²) in [5, 5.41) is 44.4. The summed E-state index contributed by atoms with van der Waals surface area (Å²) in [7, 11) is 0. The molecule has 0 saturated carbocycles. The first kappa shape index (κ1) is 49.2. The zero-order valence-corrected chi connectivity index (χ0v) is 37.1. The molecule has 0 aromatic carbocycles. The number of fused-ring (bicyclic) bond motifs is 2. The van der Waals surface area contributed by atoms with Gasteiger partial charge in [-0.1, -0.05) is 99.6 Å². The predicted octanol–water partition coefficient (Wildman–Crippen LogP) is 7.55. The lowest BCUT2D eigenvalue weighted by Gasteiger charge is -2.56. The van der Waals surface area contributed by atoms with Crippen molar-refractivity contribution in [2.75, 3.05) is 0 Å². The van der Waals surface area contributed by atoms with Gasteiger partial charge in [0, 0.05) is 42.1 Å². The van der Waals surface area contributed by atoms with Gasteiger partial charge in [-0.15, -0.1) is 0 Å². The van der Waals surface area contributed by atoms with Crippen molar-refractivity contribution < 1.29 is 49.0 Å². The monoisotopic (exact) mass is 803 g/mol. The summed E-state index contributed by atoms with van der Waals surface area (Å²) in [4.78, 5) is 40.9. The van der Waals surface area contributed by atoms with Crippen LogP contribution in [0.4, 0.5) is 0 Å². The van der Waals surface area contributed by atoms with Gasteiger partial charge in [0.05, 0.1) is 36.4 Å². The van der Waals surface area contributed by atoms with Crippen LogP contribution in [0.1, 0.15) is 134 Å². The summed E-state index contributed by atoms with van der Waals surface area (Å²) in [5.74, 6) is -6.42. The van der Waals surface area contributed by atoms with E-state index in [4.69, 9.17) is 14.2 Å². The first-order valence-corrected chi connectivity index (χ1v) is 22.1. The first-order chi connectivity index (χ1) is 26.6. The molecule has 0 radical (unpaired) electrons. The van der Waals surface area contributed by atoms with Crippen LogP contribution in [0.15, 0.2) is 36.5 Å². The van der Waals surface area contributed by atoms with Crippen LogP contribution in [-0.2, 0) is 28.6 Å². The minimum absolute atomic E-state index is 0.0568. The third-order valence-corrected chi connectivity index (χ3v) is 14.3. The number of rotatable bonds is 4. The summed E-state index contributed by atoms with van der Waals surface area (Å²) in [6.07, 6.45) is 12.9.